The molecule has 0 saturated heterocycles. The summed E-state index contributed by atoms with van der Waals surface area (Å²) in [5.41, 5.74) is 4.73. The molecule has 0 aliphatic rings. The zero-order chi connectivity index (χ0) is 36.7. The summed E-state index contributed by atoms with van der Waals surface area (Å²) in [6.45, 7) is 0.638. The second-order valence-corrected chi connectivity index (χ2v) is 12.7. The number of ketones is 1. The van der Waals surface area contributed by atoms with Crippen molar-refractivity contribution in [3.05, 3.63) is 189 Å². The number of carbonyl (C=O) groups excluding carboxylic acids is 1. The highest BCUT2D eigenvalue weighted by Gasteiger charge is 2.24. The predicted octanol–water partition coefficient (Wildman–Crippen LogP) is 10.7. The van der Waals surface area contributed by atoms with E-state index in [2.05, 4.69) is 19.9 Å². The maximum Gasteiger partial charge on any atom is 0.199 e. The number of H-pyrrole nitrogens is 2. The average molecular weight is 748 g/mol. The molecule has 0 fully saturated rings. The Morgan fingerprint density at radius 3 is 1.81 bits per heavy atom. The fourth-order valence-corrected chi connectivity index (χ4v) is 6.37. The number of ether oxygens (including phenoxy) is 2. The number of aromatic nitrogens is 4. The predicted molar refractivity (Wildman–Crippen MR) is 203 cm³/mol. The van der Waals surface area contributed by atoms with Gasteiger partial charge in [-0.1, -0.05) is 83.9 Å². The summed E-state index contributed by atoms with van der Waals surface area (Å²) >= 11 is 12.8. The zero-order valence-electron chi connectivity index (χ0n) is 28.0. The second-order valence-electron chi connectivity index (χ2n) is 11.9. The zero-order valence-corrected chi connectivity index (χ0v) is 29.5. The van der Waals surface area contributed by atoms with Crippen molar-refractivity contribution in [1.29, 1.82) is 0 Å². The lowest BCUT2D eigenvalue weighted by Gasteiger charge is -2.12. The molecular formula is C42H30Cl2F2N4O3. The van der Waals surface area contributed by atoms with E-state index in [4.69, 9.17) is 32.7 Å². The summed E-state index contributed by atoms with van der Waals surface area (Å²) in [5, 5.41) is 1.82. The number of nitrogens with one attached hydrogen (secondary N) is 2. The Morgan fingerprint density at radius 1 is 0.623 bits per heavy atom. The molecule has 0 atom stereocenters. The van der Waals surface area contributed by atoms with Crippen molar-refractivity contribution in [3.8, 4) is 11.5 Å². The van der Waals surface area contributed by atoms with E-state index in [0.29, 0.717) is 46.0 Å². The summed E-state index contributed by atoms with van der Waals surface area (Å²) < 4.78 is 40.4. The number of nitrogens with zero attached hydrogens (tertiary/aromatic N) is 2. The molecule has 7 nitrogen and oxygen atoms in total. The summed E-state index contributed by atoms with van der Waals surface area (Å²) in [6.07, 6.45) is 7.03. The van der Waals surface area contributed by atoms with Crippen LogP contribution in [-0.2, 0) is 19.6 Å². The maximum atomic E-state index is 14.4. The molecule has 4 heterocycles. The Kier molecular flexibility index (Phi) is 10.8. The number of aromatic amines is 2. The van der Waals surface area contributed by atoms with Gasteiger partial charge < -0.3 is 19.4 Å². The van der Waals surface area contributed by atoms with Gasteiger partial charge in [-0.25, -0.2) is 18.7 Å². The first-order valence-corrected chi connectivity index (χ1v) is 17.3. The van der Waals surface area contributed by atoms with Crippen LogP contribution in [0.3, 0.4) is 0 Å². The molecule has 264 valence electrons. The van der Waals surface area contributed by atoms with Gasteiger partial charge in [-0.05, 0) is 65.2 Å². The topological polar surface area (TPSA) is 92.9 Å². The molecule has 0 aliphatic heterocycles. The lowest BCUT2D eigenvalue weighted by Crippen LogP contribution is -2.07. The van der Waals surface area contributed by atoms with Crippen molar-refractivity contribution in [2.45, 2.75) is 19.6 Å². The van der Waals surface area contributed by atoms with Gasteiger partial charge in [0.05, 0.1) is 15.6 Å². The summed E-state index contributed by atoms with van der Waals surface area (Å²) in [5.74, 6) is -0.842. The SMILES string of the molecule is Fc1ccc(OCc2ccccc2)c(Cl)c1Cc1c[nH]c2ncccc12.O=C(c1c(F)ccc(OCc2ccccc2)c1Cl)c1c[nH]c2ncccc12. The Bertz CT molecular complexity index is 2520. The Balaban J connectivity index is 0.000000164. The molecule has 0 amide bonds. The number of pyridine rings is 2. The Hall–Kier alpha value is -6.03. The van der Waals surface area contributed by atoms with Gasteiger partial charge in [-0.15, -0.1) is 0 Å². The van der Waals surface area contributed by atoms with Crippen LogP contribution in [0.2, 0.25) is 10.0 Å². The third-order valence-corrected chi connectivity index (χ3v) is 9.30. The summed E-state index contributed by atoms with van der Waals surface area (Å²) in [4.78, 5) is 27.4. The number of benzene rings is 4. The molecule has 11 heteroatoms. The fraction of sp³-hybridized carbons (Fsp3) is 0.0714. The van der Waals surface area contributed by atoms with Crippen LogP contribution in [-0.4, -0.2) is 25.7 Å². The van der Waals surface area contributed by atoms with Crippen LogP contribution in [0.1, 0.15) is 38.2 Å². The highest BCUT2D eigenvalue weighted by atomic mass is 35.5. The van der Waals surface area contributed by atoms with Gasteiger partial charge >= 0.3 is 0 Å². The van der Waals surface area contributed by atoms with Crippen LogP contribution in [0.5, 0.6) is 11.5 Å². The van der Waals surface area contributed by atoms with Crippen molar-refractivity contribution < 1.29 is 23.0 Å². The number of hydrogen-bond donors (Lipinski definition) is 2. The molecule has 0 radical (unpaired) electrons. The Labute approximate surface area is 313 Å². The molecule has 53 heavy (non-hydrogen) atoms. The van der Waals surface area contributed by atoms with Crippen molar-refractivity contribution >= 4 is 51.1 Å². The van der Waals surface area contributed by atoms with E-state index in [1.165, 1.54) is 24.4 Å². The van der Waals surface area contributed by atoms with Gasteiger partial charge in [0.25, 0.3) is 0 Å². The fourth-order valence-electron chi connectivity index (χ4n) is 5.80. The summed E-state index contributed by atoms with van der Waals surface area (Å²) in [7, 11) is 0. The van der Waals surface area contributed by atoms with E-state index < -0.39 is 11.6 Å². The third-order valence-electron chi connectivity index (χ3n) is 8.51. The van der Waals surface area contributed by atoms with E-state index in [1.54, 1.807) is 30.6 Å². The maximum absolute atomic E-state index is 14.4. The number of halogens is 4. The lowest BCUT2D eigenvalue weighted by atomic mass is 10.0. The minimum Gasteiger partial charge on any atom is -0.487 e. The van der Waals surface area contributed by atoms with Gasteiger partial charge in [0.2, 0.25) is 0 Å². The van der Waals surface area contributed by atoms with E-state index >= 15 is 0 Å². The largest absolute Gasteiger partial charge is 0.487 e. The molecule has 8 rings (SSSR count). The van der Waals surface area contributed by atoms with Gasteiger partial charge in [0.1, 0.15) is 47.6 Å². The van der Waals surface area contributed by atoms with Gasteiger partial charge in [-0.2, -0.15) is 0 Å². The van der Waals surface area contributed by atoms with Crippen LogP contribution in [0.15, 0.2) is 134 Å². The van der Waals surface area contributed by atoms with Gasteiger partial charge in [0, 0.05) is 53.1 Å². The van der Waals surface area contributed by atoms with Crippen molar-refractivity contribution in [2.24, 2.45) is 0 Å². The van der Waals surface area contributed by atoms with Crippen LogP contribution < -0.4 is 9.47 Å². The molecule has 0 bridgehead atoms. The number of fused-ring (bicyclic) bond motifs is 2. The molecule has 0 aliphatic carbocycles. The second kappa shape index (κ2) is 16.1. The molecule has 0 saturated carbocycles. The molecule has 4 aromatic carbocycles. The average Bonchev–Trinajstić information content (AvgIpc) is 3.81. The van der Waals surface area contributed by atoms with Crippen LogP contribution in [0.4, 0.5) is 8.78 Å². The molecule has 8 aromatic rings. The summed E-state index contributed by atoms with van der Waals surface area (Å²) in [6, 6.07) is 32.1. The van der Waals surface area contributed by atoms with Crippen LogP contribution in [0, 0.1) is 11.6 Å². The molecule has 0 spiro atoms. The molecule has 4 aromatic heterocycles. The van der Waals surface area contributed by atoms with E-state index in [-0.39, 0.29) is 28.8 Å². The lowest BCUT2D eigenvalue weighted by molar-refractivity contribution is 0.103. The van der Waals surface area contributed by atoms with E-state index in [9.17, 15) is 13.6 Å². The quantitative estimate of drug-likeness (QED) is 0.136. The first kappa shape index (κ1) is 35.4. The standard InChI is InChI=1S/C21H14ClFN2O2.C21H16ClFN2O/c22-19-17(27-12-13-5-2-1-3-6-13)9-8-16(23)18(19)20(26)15-11-25-21-14(15)7-4-10-24-21;22-20-17(11-15-12-25-21-16(15)7-4-10-24-21)18(23)8-9-19(20)26-13-14-5-2-1-3-6-14/h1-11H,12H2,(H,24,25);1-10,12H,11,13H2,(H,24,25). The monoisotopic (exact) mass is 746 g/mol. The number of carbonyl (C=O) groups is 1. The highest BCUT2D eigenvalue weighted by molar-refractivity contribution is 6.37. The van der Waals surface area contributed by atoms with Crippen LogP contribution in [0.25, 0.3) is 22.1 Å². The van der Waals surface area contributed by atoms with Crippen molar-refractivity contribution in [2.75, 3.05) is 0 Å². The molecular weight excluding hydrogens is 717 g/mol. The normalized spacial score (nSPS) is 10.9. The van der Waals surface area contributed by atoms with Crippen molar-refractivity contribution in [1.82, 2.24) is 19.9 Å². The highest BCUT2D eigenvalue weighted by Crippen LogP contribution is 2.35. The van der Waals surface area contributed by atoms with E-state index in [0.717, 1.165) is 27.7 Å². The Morgan fingerprint density at radius 2 is 1.17 bits per heavy atom. The number of hydrogen-bond acceptors (Lipinski definition) is 5. The first-order chi connectivity index (χ1) is 25.9. The third kappa shape index (κ3) is 7.91. The minimum atomic E-state index is -0.699. The smallest absolute Gasteiger partial charge is 0.199 e. The van der Waals surface area contributed by atoms with Gasteiger partial charge in [-0.3, -0.25) is 4.79 Å². The molecule has 0 unspecified atom stereocenters. The minimum absolute atomic E-state index is 0.0471. The van der Waals surface area contributed by atoms with Crippen LogP contribution >= 0.6 is 23.2 Å². The van der Waals surface area contributed by atoms with E-state index in [1.807, 2.05) is 79.0 Å². The van der Waals surface area contributed by atoms with Crippen molar-refractivity contribution in [3.63, 3.8) is 0 Å². The molecule has 2 N–H and O–H groups in total. The van der Waals surface area contributed by atoms with Gasteiger partial charge in [0.15, 0.2) is 5.78 Å². The number of rotatable bonds is 10. The first-order valence-electron chi connectivity index (χ1n) is 16.5.